The summed E-state index contributed by atoms with van der Waals surface area (Å²) < 4.78 is 29.2. The molecule has 2 saturated heterocycles. The summed E-state index contributed by atoms with van der Waals surface area (Å²) in [4.78, 5) is 2.77. The Hall–Kier alpha value is -0.290. The van der Waals surface area contributed by atoms with E-state index in [1.807, 2.05) is 9.24 Å². The van der Waals surface area contributed by atoms with Gasteiger partial charge < -0.3 is 10.0 Å². The molecule has 2 aliphatic heterocycles. The Labute approximate surface area is 258 Å². The summed E-state index contributed by atoms with van der Waals surface area (Å²) in [6, 6.07) is 1.55. The molecule has 242 valence electrons. The molecule has 12 unspecified atom stereocenters. The Balaban J connectivity index is 1.37. The van der Waals surface area contributed by atoms with E-state index in [2.05, 4.69) is 56.0 Å². The van der Waals surface area contributed by atoms with Gasteiger partial charge in [0.1, 0.15) is 0 Å². The molecule has 5 rings (SSSR count). The number of allylic oxidation sites excluding steroid dienone is 2. The summed E-state index contributed by atoms with van der Waals surface area (Å²) in [6.07, 6.45) is 17.6. The van der Waals surface area contributed by atoms with Gasteiger partial charge in [-0.15, -0.1) is 0 Å². The highest BCUT2D eigenvalue weighted by Crippen LogP contribution is 2.53. The van der Waals surface area contributed by atoms with Crippen LogP contribution in [0.5, 0.6) is 0 Å². The van der Waals surface area contributed by atoms with Gasteiger partial charge in [0.15, 0.2) is 0 Å². The number of nitrogens with zero attached hydrogens (tertiary/aromatic N) is 2. The minimum absolute atomic E-state index is 0.00662. The first kappa shape index (κ1) is 33.1. The lowest BCUT2D eigenvalue weighted by molar-refractivity contribution is -0.0577. The summed E-state index contributed by atoms with van der Waals surface area (Å²) >= 11 is 0. The van der Waals surface area contributed by atoms with E-state index in [1.54, 1.807) is 0 Å². The summed E-state index contributed by atoms with van der Waals surface area (Å²) in [7, 11) is 1.86. The Kier molecular flexibility index (Phi) is 11.0. The molecule has 12 atom stereocenters. The van der Waals surface area contributed by atoms with Crippen molar-refractivity contribution in [2.45, 2.75) is 160 Å². The largest absolute Gasteiger partial charge is 0.391 e. The Bertz CT molecular complexity index is 909. The molecule has 0 spiro atoms. The second-order valence-electron chi connectivity index (χ2n) is 14.9. The van der Waals surface area contributed by atoms with Gasteiger partial charge in [-0.1, -0.05) is 82.0 Å². The Morgan fingerprint density at radius 3 is 2.31 bits per heavy atom. The maximum Gasteiger partial charge on any atom is 0.262 e. The van der Waals surface area contributed by atoms with Crippen LogP contribution in [0.4, 0.5) is 8.78 Å². The summed E-state index contributed by atoms with van der Waals surface area (Å²) in [5.41, 5.74) is 2.80. The third-order valence-electron chi connectivity index (χ3n) is 12.8. The van der Waals surface area contributed by atoms with Gasteiger partial charge in [-0.25, -0.2) is 13.8 Å². The second-order valence-corrected chi connectivity index (χ2v) is 15.6. The zero-order valence-corrected chi connectivity index (χ0v) is 28.4. The highest BCUT2D eigenvalue weighted by atomic mass is 31.0. The van der Waals surface area contributed by atoms with E-state index in [-0.39, 0.29) is 24.0 Å². The van der Waals surface area contributed by atoms with Crippen LogP contribution < -0.4 is 5.43 Å². The van der Waals surface area contributed by atoms with Gasteiger partial charge in [-0.05, 0) is 81.5 Å². The number of halogens is 2. The lowest BCUT2D eigenvalue weighted by Crippen LogP contribution is -2.58. The third-order valence-corrected chi connectivity index (χ3v) is 13.2. The minimum Gasteiger partial charge on any atom is -0.391 e. The first-order valence-corrected chi connectivity index (χ1v) is 18.6. The molecule has 2 N–H and O–H groups in total. The van der Waals surface area contributed by atoms with Crippen LogP contribution in [0, 0.1) is 41.4 Å². The molecule has 0 bridgehead atoms. The van der Waals surface area contributed by atoms with Crippen molar-refractivity contribution in [3.63, 3.8) is 0 Å². The molecule has 2 heterocycles. The minimum atomic E-state index is -2.69. The van der Waals surface area contributed by atoms with Crippen LogP contribution in [-0.2, 0) is 0 Å². The summed E-state index contributed by atoms with van der Waals surface area (Å²) in [5, 5.41) is 14.1. The smallest absolute Gasteiger partial charge is 0.262 e. The molecular formula is C35H62F2N3OP. The van der Waals surface area contributed by atoms with Gasteiger partial charge in [-0.2, -0.15) is 0 Å². The molecule has 0 radical (unpaired) electrons. The van der Waals surface area contributed by atoms with Crippen molar-refractivity contribution >= 4 is 9.24 Å². The number of nitrogens with one attached hydrogen (secondary N) is 1. The first-order valence-electron chi connectivity index (χ1n) is 18.0. The summed E-state index contributed by atoms with van der Waals surface area (Å²) in [6.45, 7) is 12.2. The number of piperidine rings is 1. The fourth-order valence-electron chi connectivity index (χ4n) is 10.6. The van der Waals surface area contributed by atoms with Gasteiger partial charge in [-0.3, -0.25) is 5.43 Å². The van der Waals surface area contributed by atoms with E-state index in [4.69, 9.17) is 0 Å². The SMILES string of the molecule is CC/C=C(/C1CCC(C(F)(F)P)C(C)C1CC)N1CCC2C(C(CCC)NN2C2CCC(C3CCC3)CC2O)C1CC. The zero-order chi connectivity index (χ0) is 30.2. The predicted molar refractivity (Wildman–Crippen MR) is 173 cm³/mol. The van der Waals surface area contributed by atoms with E-state index in [9.17, 15) is 13.9 Å². The van der Waals surface area contributed by atoms with Crippen LogP contribution in [0.1, 0.15) is 125 Å². The van der Waals surface area contributed by atoms with Gasteiger partial charge >= 0.3 is 0 Å². The lowest BCUT2D eigenvalue weighted by Gasteiger charge is -2.52. The lowest BCUT2D eigenvalue weighted by atomic mass is 9.64. The molecule has 0 aromatic rings. The highest BCUT2D eigenvalue weighted by Gasteiger charge is 2.54. The van der Waals surface area contributed by atoms with E-state index in [0.29, 0.717) is 36.4 Å². The molecule has 0 aromatic carbocycles. The van der Waals surface area contributed by atoms with E-state index < -0.39 is 11.6 Å². The van der Waals surface area contributed by atoms with Gasteiger partial charge in [0.25, 0.3) is 5.66 Å². The average molecular weight is 610 g/mol. The topological polar surface area (TPSA) is 38.7 Å². The molecule has 3 aliphatic carbocycles. The number of hydrazine groups is 1. The van der Waals surface area contributed by atoms with E-state index >= 15 is 0 Å². The van der Waals surface area contributed by atoms with Crippen LogP contribution >= 0.6 is 9.24 Å². The average Bonchev–Trinajstić information content (AvgIpc) is 3.28. The monoisotopic (exact) mass is 609 g/mol. The molecule has 7 heteroatoms. The normalized spacial score (nSPS) is 42.5. The number of likely N-dealkylation sites (tertiary alicyclic amines) is 1. The van der Waals surface area contributed by atoms with Crippen LogP contribution in [0.15, 0.2) is 11.8 Å². The van der Waals surface area contributed by atoms with Gasteiger partial charge in [0.05, 0.1) is 12.1 Å². The molecule has 4 nitrogen and oxygen atoms in total. The van der Waals surface area contributed by atoms with Crippen LogP contribution in [0.2, 0.25) is 0 Å². The quantitative estimate of drug-likeness (QED) is 0.245. The number of aliphatic hydroxyl groups excluding tert-OH is 1. The fraction of sp³-hybridized carbons (Fsp3) is 0.943. The number of rotatable bonds is 10. The molecule has 5 aliphatic rings. The fourth-order valence-corrected chi connectivity index (χ4v) is 11.1. The predicted octanol–water partition coefficient (Wildman–Crippen LogP) is 8.22. The van der Waals surface area contributed by atoms with Crippen LogP contribution in [0.3, 0.4) is 0 Å². The number of hydrogen-bond acceptors (Lipinski definition) is 4. The van der Waals surface area contributed by atoms with Crippen molar-refractivity contribution < 1.29 is 13.9 Å². The molecule has 0 amide bonds. The second kappa shape index (κ2) is 14.0. The number of alkyl halides is 2. The number of aliphatic hydroxyl groups is 1. The van der Waals surface area contributed by atoms with Crippen molar-refractivity contribution in [3.8, 4) is 0 Å². The van der Waals surface area contributed by atoms with Gasteiger partial charge in [0.2, 0.25) is 0 Å². The van der Waals surface area contributed by atoms with Crippen molar-refractivity contribution in [2.75, 3.05) is 6.54 Å². The number of hydrogen-bond donors (Lipinski definition) is 2. The highest BCUT2D eigenvalue weighted by molar-refractivity contribution is 7.18. The third kappa shape index (κ3) is 6.36. The molecular weight excluding hydrogens is 547 g/mol. The Morgan fingerprint density at radius 2 is 1.74 bits per heavy atom. The summed E-state index contributed by atoms with van der Waals surface area (Å²) in [5.74, 6) is 2.20. The molecule has 0 aromatic heterocycles. The van der Waals surface area contributed by atoms with E-state index in [1.165, 1.54) is 31.4 Å². The van der Waals surface area contributed by atoms with Crippen molar-refractivity contribution in [2.24, 2.45) is 41.4 Å². The van der Waals surface area contributed by atoms with Crippen molar-refractivity contribution in [1.29, 1.82) is 0 Å². The standard InChI is InChI=1S/C35H62F2N3OP/c1-6-11-28-34-29(9-4)39(30(12-7-2)26-16-17-27(35(36,37)42)22(5)25(26)8-3)20-19-32(34)40(38-28)31-18-15-24(21-33(31)41)23-13-10-14-23/h12,22-29,31-34,38,41H,6-11,13-21,42H2,1-5H3/b30-12-. The maximum atomic E-state index is 14.6. The Morgan fingerprint density at radius 1 is 0.976 bits per heavy atom. The van der Waals surface area contributed by atoms with Gasteiger partial charge in [0, 0.05) is 48.1 Å². The maximum absolute atomic E-state index is 14.6. The molecule has 42 heavy (non-hydrogen) atoms. The number of fused-ring (bicyclic) bond motifs is 1. The zero-order valence-electron chi connectivity index (χ0n) is 27.3. The van der Waals surface area contributed by atoms with Crippen molar-refractivity contribution in [3.05, 3.63) is 11.8 Å². The van der Waals surface area contributed by atoms with Crippen molar-refractivity contribution in [1.82, 2.24) is 15.3 Å². The van der Waals surface area contributed by atoms with Crippen LogP contribution in [-0.4, -0.2) is 57.5 Å². The van der Waals surface area contributed by atoms with E-state index in [0.717, 1.165) is 76.2 Å². The molecule has 5 fully saturated rings. The van der Waals surface area contributed by atoms with Crippen LogP contribution in [0.25, 0.3) is 0 Å². The molecule has 3 saturated carbocycles. The first-order chi connectivity index (χ1) is 20.1.